The number of para-hydroxylation sites is 1. The highest BCUT2D eigenvalue weighted by atomic mass is 32.2. The Morgan fingerprint density at radius 2 is 1.59 bits per heavy atom. The summed E-state index contributed by atoms with van der Waals surface area (Å²) in [5, 5.41) is 2.78. The van der Waals surface area contributed by atoms with Crippen LogP contribution in [-0.4, -0.2) is 27.1 Å². The molecular weight excluding hydrogens is 455 g/mol. The summed E-state index contributed by atoms with van der Waals surface area (Å²) in [7, 11) is -3.65. The average molecular weight is 485 g/mol. The first-order chi connectivity index (χ1) is 16.1. The van der Waals surface area contributed by atoms with Gasteiger partial charge in [0.15, 0.2) is 0 Å². The lowest BCUT2D eigenvalue weighted by molar-refractivity contribution is -0.119. The Hall–Kier alpha value is -3.39. The van der Waals surface area contributed by atoms with Crippen LogP contribution >= 0.6 is 0 Å². The van der Waals surface area contributed by atoms with Gasteiger partial charge in [-0.25, -0.2) is 12.8 Å². The first-order valence-electron chi connectivity index (χ1n) is 10.9. The van der Waals surface area contributed by atoms with E-state index in [1.54, 1.807) is 36.4 Å². The highest BCUT2D eigenvalue weighted by Crippen LogP contribution is 2.28. The van der Waals surface area contributed by atoms with Crippen molar-refractivity contribution in [2.24, 2.45) is 0 Å². The smallest absolute Gasteiger partial charge is 0.241 e. The molecule has 0 aromatic heterocycles. The van der Waals surface area contributed by atoms with E-state index in [0.717, 1.165) is 27.3 Å². The summed E-state index contributed by atoms with van der Waals surface area (Å²) in [6.45, 7) is 4.22. The van der Waals surface area contributed by atoms with Gasteiger partial charge in [0.1, 0.15) is 24.7 Å². The molecular formula is C26H29FN2O4S. The molecule has 0 saturated carbocycles. The van der Waals surface area contributed by atoms with Crippen LogP contribution in [0.4, 0.5) is 10.1 Å². The van der Waals surface area contributed by atoms with Crippen molar-refractivity contribution < 1.29 is 22.3 Å². The van der Waals surface area contributed by atoms with Crippen molar-refractivity contribution in [3.63, 3.8) is 0 Å². The Morgan fingerprint density at radius 3 is 2.21 bits per heavy atom. The summed E-state index contributed by atoms with van der Waals surface area (Å²) in [4.78, 5) is 12.6. The van der Waals surface area contributed by atoms with Gasteiger partial charge in [-0.2, -0.15) is 0 Å². The maximum Gasteiger partial charge on any atom is 0.241 e. The van der Waals surface area contributed by atoms with Crippen LogP contribution in [0.1, 0.15) is 36.5 Å². The van der Waals surface area contributed by atoms with Crippen LogP contribution in [0, 0.1) is 5.82 Å². The Balaban J connectivity index is 1.58. The van der Waals surface area contributed by atoms with E-state index in [0.29, 0.717) is 18.0 Å². The standard InChI is InChI=1S/C26H29FN2O4S/c1-19(2)24-6-4-5-7-25(24)29(34(3,31)32)17-26(30)28-16-20-10-14-23(15-11-20)33-18-21-8-12-22(27)13-9-21/h4-15,19H,16-18H2,1-3H3,(H,28,30). The van der Waals surface area contributed by atoms with Gasteiger partial charge in [0.2, 0.25) is 15.9 Å². The summed E-state index contributed by atoms with van der Waals surface area (Å²) in [6.07, 6.45) is 1.10. The molecule has 1 amide bonds. The minimum absolute atomic E-state index is 0.104. The van der Waals surface area contributed by atoms with Crippen LogP contribution in [0.25, 0.3) is 0 Å². The molecule has 3 aromatic carbocycles. The van der Waals surface area contributed by atoms with Crippen molar-refractivity contribution in [2.75, 3.05) is 17.1 Å². The molecule has 0 fully saturated rings. The van der Waals surface area contributed by atoms with Crippen molar-refractivity contribution in [1.29, 1.82) is 0 Å². The monoisotopic (exact) mass is 484 g/mol. The van der Waals surface area contributed by atoms with Crippen LogP contribution in [0.3, 0.4) is 0 Å². The molecule has 6 nitrogen and oxygen atoms in total. The van der Waals surface area contributed by atoms with Crippen LogP contribution in [0.2, 0.25) is 0 Å². The molecule has 0 unspecified atom stereocenters. The molecule has 0 aliphatic carbocycles. The van der Waals surface area contributed by atoms with E-state index in [-0.39, 0.29) is 24.8 Å². The second kappa shape index (κ2) is 11.2. The number of anilines is 1. The van der Waals surface area contributed by atoms with E-state index in [1.807, 2.05) is 38.1 Å². The quantitative estimate of drug-likeness (QED) is 0.456. The number of halogens is 1. The number of sulfonamides is 1. The number of rotatable bonds is 10. The molecule has 0 radical (unpaired) electrons. The largest absolute Gasteiger partial charge is 0.489 e. The molecule has 8 heteroatoms. The molecule has 0 saturated heterocycles. The summed E-state index contributed by atoms with van der Waals surface area (Å²) in [6, 6.07) is 20.5. The van der Waals surface area contributed by atoms with Gasteiger partial charge in [0.25, 0.3) is 0 Å². The maximum absolute atomic E-state index is 13.0. The van der Waals surface area contributed by atoms with E-state index in [1.165, 1.54) is 12.1 Å². The van der Waals surface area contributed by atoms with Crippen LogP contribution in [0.15, 0.2) is 72.8 Å². The van der Waals surface area contributed by atoms with Gasteiger partial charge in [-0.05, 0) is 52.9 Å². The lowest BCUT2D eigenvalue weighted by Crippen LogP contribution is -2.40. The maximum atomic E-state index is 13.0. The van der Waals surface area contributed by atoms with Crippen LogP contribution in [-0.2, 0) is 28.0 Å². The molecule has 0 bridgehead atoms. The number of nitrogens with one attached hydrogen (secondary N) is 1. The van der Waals surface area contributed by atoms with Gasteiger partial charge >= 0.3 is 0 Å². The topological polar surface area (TPSA) is 75.7 Å². The van der Waals surface area contributed by atoms with Crippen molar-refractivity contribution in [3.8, 4) is 5.75 Å². The Kier molecular flexibility index (Phi) is 8.28. The third-order valence-electron chi connectivity index (χ3n) is 5.25. The number of hydrogen-bond acceptors (Lipinski definition) is 4. The van der Waals surface area contributed by atoms with Gasteiger partial charge < -0.3 is 10.1 Å². The third kappa shape index (κ3) is 7.05. The predicted molar refractivity (Wildman–Crippen MR) is 132 cm³/mol. The molecule has 0 spiro atoms. The van der Waals surface area contributed by atoms with Gasteiger partial charge in [-0.3, -0.25) is 9.10 Å². The number of carbonyl (C=O) groups excluding carboxylic acids is 1. The summed E-state index contributed by atoms with van der Waals surface area (Å²) < 4.78 is 44.7. The van der Waals surface area contributed by atoms with Crippen molar-refractivity contribution in [1.82, 2.24) is 5.32 Å². The molecule has 0 aliphatic heterocycles. The number of benzene rings is 3. The number of carbonyl (C=O) groups is 1. The van der Waals surface area contributed by atoms with Crippen LogP contribution in [0.5, 0.6) is 5.75 Å². The Labute approximate surface area is 200 Å². The molecule has 0 heterocycles. The summed E-state index contributed by atoms with van der Waals surface area (Å²) >= 11 is 0. The highest BCUT2D eigenvalue weighted by molar-refractivity contribution is 7.92. The molecule has 0 atom stereocenters. The van der Waals surface area contributed by atoms with E-state index in [2.05, 4.69) is 5.32 Å². The summed E-state index contributed by atoms with van der Waals surface area (Å²) in [5.74, 6) is 0.0554. The van der Waals surface area contributed by atoms with Gasteiger partial charge in [-0.15, -0.1) is 0 Å². The van der Waals surface area contributed by atoms with Crippen molar-refractivity contribution >= 4 is 21.6 Å². The van der Waals surface area contributed by atoms with E-state index in [9.17, 15) is 17.6 Å². The molecule has 1 N–H and O–H groups in total. The second-order valence-corrected chi connectivity index (χ2v) is 10.2. The fourth-order valence-electron chi connectivity index (χ4n) is 3.42. The van der Waals surface area contributed by atoms with Gasteiger partial charge in [-0.1, -0.05) is 56.3 Å². The zero-order valence-corrected chi connectivity index (χ0v) is 20.3. The predicted octanol–water partition coefficient (Wildman–Crippen LogP) is 4.61. The molecule has 34 heavy (non-hydrogen) atoms. The molecule has 3 rings (SSSR count). The fraction of sp³-hybridized carbons (Fsp3) is 0.269. The lowest BCUT2D eigenvalue weighted by atomic mass is 10.0. The molecule has 180 valence electrons. The highest BCUT2D eigenvalue weighted by Gasteiger charge is 2.23. The number of amides is 1. The molecule has 0 aliphatic rings. The lowest BCUT2D eigenvalue weighted by Gasteiger charge is -2.25. The average Bonchev–Trinajstić information content (AvgIpc) is 2.81. The zero-order valence-electron chi connectivity index (χ0n) is 19.5. The van der Waals surface area contributed by atoms with E-state index < -0.39 is 15.9 Å². The zero-order chi connectivity index (χ0) is 24.7. The Bertz CT molecular complexity index is 1210. The number of ether oxygens (including phenoxy) is 1. The second-order valence-electron chi connectivity index (χ2n) is 8.32. The third-order valence-corrected chi connectivity index (χ3v) is 6.37. The van der Waals surface area contributed by atoms with Crippen molar-refractivity contribution in [3.05, 3.63) is 95.3 Å². The minimum atomic E-state index is -3.65. The van der Waals surface area contributed by atoms with Crippen LogP contribution < -0.4 is 14.4 Å². The normalized spacial score (nSPS) is 11.3. The Morgan fingerprint density at radius 1 is 0.971 bits per heavy atom. The molecule has 3 aromatic rings. The fourth-order valence-corrected chi connectivity index (χ4v) is 4.30. The minimum Gasteiger partial charge on any atom is -0.489 e. The van der Waals surface area contributed by atoms with Gasteiger partial charge in [0, 0.05) is 6.54 Å². The number of nitrogens with zero attached hydrogens (tertiary/aromatic N) is 1. The summed E-state index contributed by atoms with van der Waals surface area (Å²) in [5.41, 5.74) is 3.07. The SMILES string of the molecule is CC(C)c1ccccc1N(CC(=O)NCc1ccc(OCc2ccc(F)cc2)cc1)S(C)(=O)=O. The van der Waals surface area contributed by atoms with E-state index in [4.69, 9.17) is 4.74 Å². The number of hydrogen-bond donors (Lipinski definition) is 1. The van der Waals surface area contributed by atoms with Crippen molar-refractivity contribution in [2.45, 2.75) is 32.9 Å². The first kappa shape index (κ1) is 25.2. The first-order valence-corrected chi connectivity index (χ1v) is 12.8. The van der Waals surface area contributed by atoms with E-state index >= 15 is 0 Å². The van der Waals surface area contributed by atoms with Gasteiger partial charge in [0.05, 0.1) is 11.9 Å².